The SMILES string of the molecule is CN[C@@H](C)C(=O)N[C@H]1Cc2ccc(O)c(O)c2[C@H]2CC(C)(C)C(C)N2C1=O. The Morgan fingerprint density at radius 2 is 2.00 bits per heavy atom. The molecule has 3 rings (SSSR count). The van der Waals surface area contributed by atoms with E-state index in [1.165, 1.54) is 6.07 Å². The molecule has 1 fully saturated rings. The van der Waals surface area contributed by atoms with Gasteiger partial charge in [-0.05, 0) is 44.4 Å². The van der Waals surface area contributed by atoms with E-state index in [4.69, 9.17) is 0 Å². The van der Waals surface area contributed by atoms with E-state index >= 15 is 0 Å². The van der Waals surface area contributed by atoms with Gasteiger partial charge in [0.1, 0.15) is 6.04 Å². The smallest absolute Gasteiger partial charge is 0.246 e. The lowest BCUT2D eigenvalue weighted by Crippen LogP contribution is -2.54. The van der Waals surface area contributed by atoms with Crippen molar-refractivity contribution >= 4 is 11.8 Å². The first-order chi connectivity index (χ1) is 12.6. The van der Waals surface area contributed by atoms with Crippen LogP contribution in [0.4, 0.5) is 0 Å². The second-order valence-electron chi connectivity index (χ2n) is 8.41. The number of likely N-dealkylation sites (N-methyl/N-ethyl adjacent to an activating group) is 1. The van der Waals surface area contributed by atoms with Crippen LogP contribution in [0.3, 0.4) is 0 Å². The lowest BCUT2D eigenvalue weighted by molar-refractivity contribution is -0.139. The van der Waals surface area contributed by atoms with Crippen LogP contribution in [0.5, 0.6) is 11.5 Å². The highest BCUT2D eigenvalue weighted by Crippen LogP contribution is 2.52. The molecular formula is C20H29N3O4. The molecule has 1 unspecified atom stereocenters. The van der Waals surface area contributed by atoms with Crippen molar-refractivity contribution in [3.63, 3.8) is 0 Å². The number of rotatable bonds is 3. The number of phenols is 2. The second-order valence-corrected chi connectivity index (χ2v) is 8.41. The van der Waals surface area contributed by atoms with Gasteiger partial charge in [-0.25, -0.2) is 0 Å². The second kappa shape index (κ2) is 6.71. The van der Waals surface area contributed by atoms with E-state index in [0.29, 0.717) is 12.0 Å². The number of hydrogen-bond donors (Lipinski definition) is 4. The maximum atomic E-state index is 13.4. The van der Waals surface area contributed by atoms with Crippen molar-refractivity contribution in [1.29, 1.82) is 0 Å². The van der Waals surface area contributed by atoms with E-state index in [1.807, 2.05) is 6.92 Å². The molecule has 0 aromatic heterocycles. The molecule has 0 spiro atoms. The molecule has 0 saturated carbocycles. The molecule has 0 radical (unpaired) electrons. The van der Waals surface area contributed by atoms with Gasteiger partial charge >= 0.3 is 0 Å². The minimum atomic E-state index is -0.711. The predicted octanol–water partition coefficient (Wildman–Crippen LogP) is 1.43. The lowest BCUT2D eigenvalue weighted by atomic mass is 9.82. The fraction of sp³-hybridized carbons (Fsp3) is 0.600. The van der Waals surface area contributed by atoms with Gasteiger partial charge in [0.05, 0.1) is 12.1 Å². The van der Waals surface area contributed by atoms with Gasteiger partial charge in [0.25, 0.3) is 0 Å². The van der Waals surface area contributed by atoms with Gasteiger partial charge in [0.2, 0.25) is 11.8 Å². The Balaban J connectivity index is 2.08. The molecule has 1 aromatic carbocycles. The normalized spacial score (nSPS) is 27.5. The molecule has 0 aliphatic carbocycles. The molecule has 4 atom stereocenters. The van der Waals surface area contributed by atoms with Gasteiger partial charge < -0.3 is 25.7 Å². The van der Waals surface area contributed by atoms with Crippen LogP contribution in [0.15, 0.2) is 12.1 Å². The Kier molecular flexibility index (Phi) is 4.84. The maximum absolute atomic E-state index is 13.4. The van der Waals surface area contributed by atoms with Crippen molar-refractivity contribution in [2.24, 2.45) is 5.41 Å². The van der Waals surface area contributed by atoms with Gasteiger partial charge in [-0.2, -0.15) is 0 Å². The van der Waals surface area contributed by atoms with Crippen LogP contribution in [0.2, 0.25) is 0 Å². The van der Waals surface area contributed by atoms with Gasteiger partial charge in [0.15, 0.2) is 11.5 Å². The van der Waals surface area contributed by atoms with E-state index < -0.39 is 12.1 Å². The summed E-state index contributed by atoms with van der Waals surface area (Å²) in [6, 6.07) is 1.65. The van der Waals surface area contributed by atoms with Gasteiger partial charge in [-0.3, -0.25) is 9.59 Å². The fourth-order valence-electron chi connectivity index (χ4n) is 4.22. The van der Waals surface area contributed by atoms with Crippen LogP contribution in [-0.2, 0) is 16.0 Å². The van der Waals surface area contributed by atoms with Gasteiger partial charge in [0, 0.05) is 18.0 Å². The van der Waals surface area contributed by atoms with Crippen LogP contribution < -0.4 is 10.6 Å². The van der Waals surface area contributed by atoms with Crippen molar-refractivity contribution in [3.8, 4) is 11.5 Å². The summed E-state index contributed by atoms with van der Waals surface area (Å²) in [6.07, 6.45) is 0.960. The number of benzene rings is 1. The number of carbonyl (C=O) groups excluding carboxylic acids is 2. The topological polar surface area (TPSA) is 102 Å². The Morgan fingerprint density at radius 3 is 2.63 bits per heavy atom. The molecule has 1 saturated heterocycles. The van der Waals surface area contributed by atoms with Crippen LogP contribution in [0.25, 0.3) is 0 Å². The number of amides is 2. The number of hydrogen-bond acceptors (Lipinski definition) is 5. The molecule has 7 nitrogen and oxygen atoms in total. The van der Waals surface area contributed by atoms with Crippen molar-refractivity contribution in [3.05, 3.63) is 23.3 Å². The number of fused-ring (bicyclic) bond motifs is 3. The summed E-state index contributed by atoms with van der Waals surface area (Å²) < 4.78 is 0. The molecule has 27 heavy (non-hydrogen) atoms. The van der Waals surface area contributed by atoms with E-state index in [0.717, 1.165) is 5.56 Å². The highest BCUT2D eigenvalue weighted by atomic mass is 16.3. The minimum Gasteiger partial charge on any atom is -0.504 e. The first-order valence-corrected chi connectivity index (χ1v) is 9.42. The Morgan fingerprint density at radius 1 is 1.33 bits per heavy atom. The highest BCUT2D eigenvalue weighted by molar-refractivity contribution is 5.91. The molecule has 148 valence electrons. The van der Waals surface area contributed by atoms with Crippen molar-refractivity contribution in [2.45, 2.75) is 64.7 Å². The summed E-state index contributed by atoms with van der Waals surface area (Å²) in [7, 11) is 1.69. The van der Waals surface area contributed by atoms with Crippen LogP contribution in [0, 0.1) is 5.41 Å². The van der Waals surface area contributed by atoms with Crippen molar-refractivity contribution in [1.82, 2.24) is 15.5 Å². The summed E-state index contributed by atoms with van der Waals surface area (Å²) >= 11 is 0. The van der Waals surface area contributed by atoms with Crippen LogP contribution in [0.1, 0.15) is 51.3 Å². The Hall–Kier alpha value is -2.28. The molecule has 1 aromatic rings. The van der Waals surface area contributed by atoms with E-state index in [2.05, 4.69) is 24.5 Å². The quantitative estimate of drug-likeness (QED) is 0.599. The fourth-order valence-corrected chi connectivity index (χ4v) is 4.22. The number of carbonyl (C=O) groups is 2. The largest absolute Gasteiger partial charge is 0.504 e. The lowest BCUT2D eigenvalue weighted by Gasteiger charge is -2.33. The molecular weight excluding hydrogens is 346 g/mol. The number of nitrogens with one attached hydrogen (secondary N) is 2. The van der Waals surface area contributed by atoms with Gasteiger partial charge in [-0.1, -0.05) is 19.9 Å². The molecule has 4 N–H and O–H groups in total. The first-order valence-electron chi connectivity index (χ1n) is 9.42. The summed E-state index contributed by atoms with van der Waals surface area (Å²) in [5.74, 6) is -0.754. The number of aromatic hydroxyl groups is 2. The van der Waals surface area contributed by atoms with E-state index in [9.17, 15) is 19.8 Å². The third-order valence-corrected chi connectivity index (χ3v) is 6.34. The van der Waals surface area contributed by atoms with E-state index in [1.54, 1.807) is 24.9 Å². The predicted molar refractivity (Wildman–Crippen MR) is 101 cm³/mol. The average molecular weight is 375 g/mol. The minimum absolute atomic E-state index is 0.0659. The molecule has 7 heteroatoms. The van der Waals surface area contributed by atoms with E-state index in [-0.39, 0.29) is 47.2 Å². The standard InChI is InChI=1S/C20H29N3O4/c1-10(21-5)18(26)22-13-8-12-6-7-15(24)17(25)16(12)14-9-20(3,4)11(2)23(14)19(13)27/h6-7,10-11,13-14,21,24-25H,8-9H2,1-5H3,(H,22,26)/t10-,11?,13-,14+/m0/s1. The molecule has 2 heterocycles. The van der Waals surface area contributed by atoms with Crippen LogP contribution in [-0.4, -0.2) is 52.1 Å². The zero-order valence-electron chi connectivity index (χ0n) is 16.5. The van der Waals surface area contributed by atoms with Crippen LogP contribution >= 0.6 is 0 Å². The van der Waals surface area contributed by atoms with Crippen molar-refractivity contribution in [2.75, 3.05) is 7.05 Å². The maximum Gasteiger partial charge on any atom is 0.246 e. The molecule has 0 bridgehead atoms. The average Bonchev–Trinajstić information content (AvgIpc) is 2.78. The zero-order chi connectivity index (χ0) is 20.1. The Bertz CT molecular complexity index is 777. The summed E-state index contributed by atoms with van der Waals surface area (Å²) in [6.45, 7) is 7.92. The Labute approximate surface area is 159 Å². The van der Waals surface area contributed by atoms with Crippen molar-refractivity contribution < 1.29 is 19.8 Å². The third kappa shape index (κ3) is 3.14. The molecule has 2 aliphatic heterocycles. The summed E-state index contributed by atoms with van der Waals surface area (Å²) in [5.41, 5.74) is 1.22. The first kappa shape index (κ1) is 19.5. The number of nitrogens with zero attached hydrogens (tertiary/aromatic N) is 1. The third-order valence-electron chi connectivity index (χ3n) is 6.34. The highest BCUT2D eigenvalue weighted by Gasteiger charge is 2.51. The summed E-state index contributed by atoms with van der Waals surface area (Å²) in [4.78, 5) is 27.6. The molecule has 2 amide bonds. The molecule has 2 aliphatic rings. The van der Waals surface area contributed by atoms with Gasteiger partial charge in [-0.15, -0.1) is 0 Å². The monoisotopic (exact) mass is 375 g/mol. The number of phenolic OH excluding ortho intramolecular Hbond substituents is 2. The summed E-state index contributed by atoms with van der Waals surface area (Å²) in [5, 5.41) is 26.3. The zero-order valence-corrected chi connectivity index (χ0v) is 16.5.